The largest absolute Gasteiger partial charge is 0.458 e. The molecule has 5 N–H and O–H groups in total. The minimum atomic E-state index is -1.26. The number of aliphatic hydroxyl groups is 3. The second kappa shape index (κ2) is 12.9. The number of nitrogens with two attached hydrogens (primary N) is 1. The Morgan fingerprint density at radius 3 is 2.59 bits per heavy atom. The van der Waals surface area contributed by atoms with Crippen molar-refractivity contribution < 1.29 is 29.6 Å². The van der Waals surface area contributed by atoms with E-state index in [0.717, 1.165) is 35.5 Å². The highest BCUT2D eigenvalue weighted by Gasteiger charge is 2.58. The van der Waals surface area contributed by atoms with Crippen LogP contribution < -0.4 is 5.73 Å². The second-order valence-corrected chi connectivity index (χ2v) is 13.2. The number of thiazole rings is 1. The molecule has 3 rings (SSSR count). The molecule has 220 valence electrons. The molecule has 0 bridgehead atoms. The molecule has 0 radical (unpaired) electrons. The van der Waals surface area contributed by atoms with Gasteiger partial charge in [0.15, 0.2) is 0 Å². The van der Waals surface area contributed by atoms with Gasteiger partial charge in [0.25, 0.3) is 0 Å². The molecule has 2 aliphatic rings. The van der Waals surface area contributed by atoms with Crippen molar-refractivity contribution in [2.45, 2.75) is 110 Å². The summed E-state index contributed by atoms with van der Waals surface area (Å²) in [5.41, 5.74) is 5.89. The van der Waals surface area contributed by atoms with Crippen molar-refractivity contribution in [3.8, 4) is 0 Å². The summed E-state index contributed by atoms with van der Waals surface area (Å²) in [6, 6.07) is 0.0934. The Morgan fingerprint density at radius 2 is 1.97 bits per heavy atom. The van der Waals surface area contributed by atoms with Gasteiger partial charge >= 0.3 is 5.97 Å². The van der Waals surface area contributed by atoms with Crippen LogP contribution in [-0.2, 0) is 20.9 Å². The van der Waals surface area contributed by atoms with Gasteiger partial charge in [0.1, 0.15) is 16.9 Å². The van der Waals surface area contributed by atoms with E-state index in [4.69, 9.17) is 10.5 Å². The number of ketones is 1. The number of carbonyl (C=O) groups is 2. The van der Waals surface area contributed by atoms with E-state index in [1.807, 2.05) is 25.3 Å². The van der Waals surface area contributed by atoms with E-state index in [1.54, 1.807) is 20.8 Å². The van der Waals surface area contributed by atoms with Crippen molar-refractivity contribution in [1.29, 1.82) is 0 Å². The second-order valence-electron chi connectivity index (χ2n) is 12.2. The van der Waals surface area contributed by atoms with Crippen LogP contribution in [0.2, 0.25) is 0 Å². The number of carbonyl (C=O) groups excluding carboxylic acids is 2. The first-order valence-electron chi connectivity index (χ1n) is 14.1. The van der Waals surface area contributed by atoms with Crippen molar-refractivity contribution >= 4 is 29.2 Å². The summed E-state index contributed by atoms with van der Waals surface area (Å²) in [6.45, 7) is 11.9. The van der Waals surface area contributed by atoms with E-state index in [1.165, 1.54) is 11.3 Å². The molecular weight excluding hydrogens is 518 g/mol. The molecule has 9 nitrogen and oxygen atoms in total. The Morgan fingerprint density at radius 1 is 1.28 bits per heavy atom. The molecule has 1 aromatic heterocycles. The van der Waals surface area contributed by atoms with E-state index in [9.17, 15) is 24.9 Å². The maximum absolute atomic E-state index is 13.3. The fourth-order valence-corrected chi connectivity index (χ4v) is 6.73. The highest BCUT2D eigenvalue weighted by molar-refractivity contribution is 7.09. The lowest BCUT2D eigenvalue weighted by Crippen LogP contribution is -2.45. The monoisotopic (exact) mass is 565 g/mol. The molecule has 2 saturated heterocycles. The van der Waals surface area contributed by atoms with Crippen molar-refractivity contribution in [3.63, 3.8) is 0 Å². The van der Waals surface area contributed by atoms with E-state index >= 15 is 0 Å². The molecular formula is C29H47N3O6S. The Bertz CT molecular complexity index is 1040. The number of rotatable bonds is 5. The predicted molar refractivity (Wildman–Crippen MR) is 152 cm³/mol. The van der Waals surface area contributed by atoms with E-state index in [-0.39, 0.29) is 36.3 Å². The first kappa shape index (κ1) is 31.8. The number of β-amino-alcohol motifs (C(OH)–C–C–N with tert-alkyl or cyclic N) is 1. The van der Waals surface area contributed by atoms with Crippen molar-refractivity contribution in [1.82, 2.24) is 9.88 Å². The lowest BCUT2D eigenvalue weighted by molar-refractivity contribution is -0.154. The number of aliphatic hydroxyl groups excluding tert-OH is 3. The van der Waals surface area contributed by atoms with Crippen LogP contribution in [0.15, 0.2) is 11.0 Å². The van der Waals surface area contributed by atoms with E-state index in [0.29, 0.717) is 19.5 Å². The topological polar surface area (TPSA) is 146 Å². The Balaban J connectivity index is 1.93. The van der Waals surface area contributed by atoms with Crippen LogP contribution in [0.25, 0.3) is 6.08 Å². The highest BCUT2D eigenvalue weighted by Crippen LogP contribution is 2.48. The van der Waals surface area contributed by atoms with Crippen LogP contribution in [0.1, 0.15) is 84.3 Å². The van der Waals surface area contributed by atoms with Crippen LogP contribution >= 0.6 is 11.3 Å². The number of hydrogen-bond acceptors (Lipinski definition) is 10. The molecule has 8 atom stereocenters. The number of fused-ring (bicyclic) bond motifs is 1. The zero-order valence-electron chi connectivity index (χ0n) is 24.2. The number of hydrogen-bond donors (Lipinski definition) is 4. The van der Waals surface area contributed by atoms with Gasteiger partial charge in [0.2, 0.25) is 0 Å². The number of aromatic nitrogens is 1. The summed E-state index contributed by atoms with van der Waals surface area (Å²) in [5.74, 6) is -1.65. The van der Waals surface area contributed by atoms with E-state index < -0.39 is 35.6 Å². The molecule has 0 aromatic carbocycles. The van der Waals surface area contributed by atoms with Crippen molar-refractivity contribution in [2.24, 2.45) is 23.0 Å². The molecule has 3 heterocycles. The Labute approximate surface area is 236 Å². The van der Waals surface area contributed by atoms with Gasteiger partial charge < -0.3 is 25.8 Å². The fourth-order valence-electron chi connectivity index (χ4n) is 6.10. The van der Waals surface area contributed by atoms with Crippen molar-refractivity contribution in [2.75, 3.05) is 13.2 Å². The summed E-state index contributed by atoms with van der Waals surface area (Å²) >= 11 is 1.47. The van der Waals surface area contributed by atoms with Gasteiger partial charge in [-0.25, -0.2) is 4.98 Å². The predicted octanol–water partition coefficient (Wildman–Crippen LogP) is 2.91. The van der Waals surface area contributed by atoms with Gasteiger partial charge in [0.05, 0.1) is 36.3 Å². The maximum Gasteiger partial charge on any atom is 0.309 e. The summed E-state index contributed by atoms with van der Waals surface area (Å²) in [7, 11) is 0. The SMILES string of the molecule is C/C(=C\c1csc(CN)n1)[C@@H]1C[C@@H]2N(CCO)[C@]2(C)CCC[C@H](C)[C@H](O)[C@@H](C)C(=O)C(C)(C)[C@@H](O)CC(=O)O1. The van der Waals surface area contributed by atoms with Gasteiger partial charge in [-0.3, -0.25) is 14.5 Å². The number of esters is 1. The van der Waals surface area contributed by atoms with Gasteiger partial charge in [-0.05, 0) is 44.3 Å². The molecule has 1 unspecified atom stereocenters. The standard InChI is InChI=1S/C29H47N3O6S/c1-17-8-7-9-29(6)22(32(29)10-11-33)13-21(18(2)12-20-16-39-24(15-30)31-20)38-25(35)14-23(34)28(4,5)27(37)19(3)26(17)36/h12,16-17,19,21-23,26,33-34,36H,7-11,13-15,30H2,1-6H3/b18-12+/t17-,19+,21-,22-,23-,26-,29+,32?/m0/s1. The molecule has 0 aliphatic carbocycles. The molecule has 0 amide bonds. The van der Waals surface area contributed by atoms with Gasteiger partial charge in [-0.2, -0.15) is 0 Å². The van der Waals surface area contributed by atoms with Crippen LogP contribution in [0, 0.1) is 17.3 Å². The van der Waals surface area contributed by atoms with Crippen LogP contribution in [0.4, 0.5) is 0 Å². The van der Waals surface area contributed by atoms with Gasteiger partial charge in [0, 0.05) is 42.4 Å². The lowest BCUT2D eigenvalue weighted by atomic mass is 9.73. The number of nitrogens with zero attached hydrogens (tertiary/aromatic N) is 2. The van der Waals surface area contributed by atoms with E-state index in [2.05, 4.69) is 16.8 Å². The molecule has 0 spiro atoms. The summed E-state index contributed by atoms with van der Waals surface area (Å²) < 4.78 is 5.98. The Hall–Kier alpha value is -1.69. The van der Waals surface area contributed by atoms with Gasteiger partial charge in [-0.1, -0.05) is 34.1 Å². The smallest absolute Gasteiger partial charge is 0.309 e. The minimum Gasteiger partial charge on any atom is -0.458 e. The van der Waals surface area contributed by atoms with Crippen LogP contribution in [-0.4, -0.2) is 80.0 Å². The third-order valence-corrected chi connectivity index (χ3v) is 9.93. The average molecular weight is 566 g/mol. The third kappa shape index (κ3) is 7.15. The number of ether oxygens (including phenoxy) is 1. The van der Waals surface area contributed by atoms with Crippen LogP contribution in [0.3, 0.4) is 0 Å². The van der Waals surface area contributed by atoms with Crippen LogP contribution in [0.5, 0.6) is 0 Å². The molecule has 2 fully saturated rings. The van der Waals surface area contributed by atoms with Crippen molar-refractivity contribution in [3.05, 3.63) is 21.7 Å². The number of Topliss-reactive ketones (excluding diaryl/α,β-unsaturated/α-hetero) is 1. The fraction of sp³-hybridized carbons (Fsp3) is 0.759. The lowest BCUT2D eigenvalue weighted by Gasteiger charge is -2.34. The summed E-state index contributed by atoms with van der Waals surface area (Å²) in [5, 5.41) is 34.4. The molecule has 10 heteroatoms. The highest BCUT2D eigenvalue weighted by atomic mass is 32.1. The first-order chi connectivity index (χ1) is 18.3. The third-order valence-electron chi connectivity index (χ3n) is 9.04. The van der Waals surface area contributed by atoms with Gasteiger partial charge in [-0.15, -0.1) is 11.3 Å². The molecule has 39 heavy (non-hydrogen) atoms. The summed E-state index contributed by atoms with van der Waals surface area (Å²) in [4.78, 5) is 33.2. The maximum atomic E-state index is 13.3. The normalized spacial score (nSPS) is 36.8. The zero-order valence-corrected chi connectivity index (χ0v) is 25.0. The zero-order chi connectivity index (χ0) is 29.1. The quantitative estimate of drug-likeness (QED) is 0.313. The Kier molecular flexibility index (Phi) is 10.5. The summed E-state index contributed by atoms with van der Waals surface area (Å²) in [6.07, 6.45) is 1.89. The minimum absolute atomic E-state index is 0.0298. The molecule has 2 aliphatic heterocycles. The average Bonchev–Trinajstić information content (AvgIpc) is 3.19. The molecule has 0 saturated carbocycles. The molecule has 1 aromatic rings. The number of cyclic esters (lactones) is 1. The first-order valence-corrected chi connectivity index (χ1v) is 14.9.